The number of anilines is 2. The van der Waals surface area contributed by atoms with E-state index >= 15 is 0 Å². The molecule has 0 aromatic heterocycles. The second-order valence-corrected chi connectivity index (χ2v) is 5.85. The fraction of sp³-hybridized carbons (Fsp3) is 0.278. The number of carbonyl (C=O) groups excluding carboxylic acids is 1. The number of nitrogens with one attached hydrogen (secondary N) is 2. The van der Waals surface area contributed by atoms with Gasteiger partial charge in [-0.2, -0.15) is 0 Å². The Bertz CT molecular complexity index is 714. The van der Waals surface area contributed by atoms with Crippen LogP contribution in [-0.4, -0.2) is 12.5 Å². The molecule has 2 aliphatic rings. The van der Waals surface area contributed by atoms with E-state index < -0.39 is 0 Å². The van der Waals surface area contributed by atoms with Crippen LogP contribution in [0.15, 0.2) is 42.5 Å². The van der Waals surface area contributed by atoms with Crippen molar-refractivity contribution >= 4 is 29.7 Å². The summed E-state index contributed by atoms with van der Waals surface area (Å²) >= 11 is 0. The van der Waals surface area contributed by atoms with Gasteiger partial charge in [-0.1, -0.05) is 24.3 Å². The molecule has 22 heavy (non-hydrogen) atoms. The molecule has 0 saturated heterocycles. The third kappa shape index (κ3) is 2.57. The van der Waals surface area contributed by atoms with Gasteiger partial charge in [-0.3, -0.25) is 4.79 Å². The average Bonchev–Trinajstić information content (AvgIpc) is 2.48. The lowest BCUT2D eigenvalue weighted by Gasteiger charge is -2.29. The van der Waals surface area contributed by atoms with Crippen molar-refractivity contribution in [1.82, 2.24) is 0 Å². The Balaban J connectivity index is 0.00000144. The van der Waals surface area contributed by atoms with E-state index in [2.05, 4.69) is 34.9 Å². The molecule has 0 saturated carbocycles. The number of amides is 1. The van der Waals surface area contributed by atoms with Gasteiger partial charge < -0.3 is 10.6 Å². The van der Waals surface area contributed by atoms with Crippen LogP contribution in [0.4, 0.5) is 11.4 Å². The third-order valence-electron chi connectivity index (χ3n) is 4.48. The van der Waals surface area contributed by atoms with Gasteiger partial charge in [0.15, 0.2) is 0 Å². The molecule has 0 fully saturated rings. The fourth-order valence-corrected chi connectivity index (χ4v) is 3.27. The minimum atomic E-state index is 0. The molecule has 2 N–H and O–H groups in total. The third-order valence-corrected chi connectivity index (χ3v) is 4.48. The summed E-state index contributed by atoms with van der Waals surface area (Å²) in [5, 5.41) is 6.46. The van der Waals surface area contributed by atoms with Crippen LogP contribution in [0, 0.1) is 0 Å². The molecule has 2 aromatic carbocycles. The molecule has 1 unspecified atom stereocenters. The molecule has 0 bridgehead atoms. The number of rotatable bonds is 2. The van der Waals surface area contributed by atoms with Gasteiger partial charge in [0.05, 0.1) is 5.92 Å². The molecule has 4 rings (SSSR count). The van der Waals surface area contributed by atoms with Gasteiger partial charge >= 0.3 is 0 Å². The number of fused-ring (bicyclic) bond motifs is 2. The van der Waals surface area contributed by atoms with Crippen LogP contribution < -0.4 is 10.6 Å². The van der Waals surface area contributed by atoms with Crippen LogP contribution in [-0.2, 0) is 17.6 Å². The van der Waals surface area contributed by atoms with Gasteiger partial charge in [0.2, 0.25) is 5.91 Å². The molecule has 4 heteroatoms. The Labute approximate surface area is 136 Å². The van der Waals surface area contributed by atoms with Crippen molar-refractivity contribution in [3.63, 3.8) is 0 Å². The number of aryl methyl sites for hydroxylation is 1. The molecule has 2 aromatic rings. The number of hydrogen-bond donors (Lipinski definition) is 2. The predicted octanol–water partition coefficient (Wildman–Crippen LogP) is 3.74. The first-order valence-corrected chi connectivity index (χ1v) is 7.57. The van der Waals surface area contributed by atoms with E-state index in [9.17, 15) is 4.79 Å². The molecule has 1 aliphatic heterocycles. The van der Waals surface area contributed by atoms with Crippen molar-refractivity contribution in [1.29, 1.82) is 0 Å². The minimum Gasteiger partial charge on any atom is -0.385 e. The van der Waals surface area contributed by atoms with Gasteiger partial charge in [0.1, 0.15) is 0 Å². The zero-order valence-electron chi connectivity index (χ0n) is 12.3. The zero-order chi connectivity index (χ0) is 14.2. The van der Waals surface area contributed by atoms with Crippen molar-refractivity contribution in [2.24, 2.45) is 0 Å². The van der Waals surface area contributed by atoms with Crippen LogP contribution in [0.2, 0.25) is 0 Å². The maximum Gasteiger partial charge on any atom is 0.232 e. The van der Waals surface area contributed by atoms with Crippen LogP contribution in [0.1, 0.15) is 29.0 Å². The lowest BCUT2D eigenvalue weighted by atomic mass is 9.77. The molecular weight excluding hydrogens is 296 g/mol. The topological polar surface area (TPSA) is 41.1 Å². The molecule has 3 nitrogen and oxygen atoms in total. The molecule has 114 valence electrons. The predicted molar refractivity (Wildman–Crippen MR) is 92.0 cm³/mol. The molecular formula is C18H19ClN2O. The van der Waals surface area contributed by atoms with Gasteiger partial charge in [0, 0.05) is 17.9 Å². The average molecular weight is 315 g/mol. The zero-order valence-corrected chi connectivity index (χ0v) is 13.1. The summed E-state index contributed by atoms with van der Waals surface area (Å²) in [6, 6.07) is 14.3. The first-order chi connectivity index (χ1) is 10.3. The second kappa shape index (κ2) is 6.01. The Hall–Kier alpha value is -2.00. The first kappa shape index (κ1) is 14.9. The summed E-state index contributed by atoms with van der Waals surface area (Å²) in [5.41, 5.74) is 5.88. The van der Waals surface area contributed by atoms with Crippen LogP contribution in [0.25, 0.3) is 0 Å². The van der Waals surface area contributed by atoms with Crippen LogP contribution >= 0.6 is 12.4 Å². The van der Waals surface area contributed by atoms with Gasteiger partial charge in [-0.25, -0.2) is 0 Å². The summed E-state index contributed by atoms with van der Waals surface area (Å²) < 4.78 is 0. The largest absolute Gasteiger partial charge is 0.385 e. The second-order valence-electron chi connectivity index (χ2n) is 5.85. The van der Waals surface area contributed by atoms with Gasteiger partial charge in [-0.15, -0.1) is 12.4 Å². The number of hydrogen-bond acceptors (Lipinski definition) is 2. The first-order valence-electron chi connectivity index (χ1n) is 7.57. The summed E-state index contributed by atoms with van der Waals surface area (Å²) in [6.07, 6.45) is 3.09. The lowest BCUT2D eigenvalue weighted by molar-refractivity contribution is -0.118. The monoisotopic (exact) mass is 314 g/mol. The highest BCUT2D eigenvalue weighted by Crippen LogP contribution is 2.36. The summed E-state index contributed by atoms with van der Waals surface area (Å²) in [7, 11) is 0. The molecule has 1 heterocycles. The van der Waals surface area contributed by atoms with Crippen molar-refractivity contribution in [2.75, 3.05) is 17.2 Å². The van der Waals surface area contributed by atoms with Crippen LogP contribution in [0.3, 0.4) is 0 Å². The Kier molecular flexibility index (Phi) is 4.08. The van der Waals surface area contributed by atoms with Gasteiger partial charge in [0.25, 0.3) is 0 Å². The molecule has 1 atom stereocenters. The Morgan fingerprint density at radius 1 is 1.14 bits per heavy atom. The summed E-state index contributed by atoms with van der Waals surface area (Å²) in [4.78, 5) is 12.4. The van der Waals surface area contributed by atoms with E-state index in [1.54, 1.807) is 0 Å². The highest BCUT2D eigenvalue weighted by molar-refractivity contribution is 5.98. The summed E-state index contributed by atoms with van der Waals surface area (Å²) in [5.74, 6) is 0.118. The smallest absolute Gasteiger partial charge is 0.232 e. The van der Waals surface area contributed by atoms with Crippen molar-refractivity contribution in [3.05, 3.63) is 59.2 Å². The normalized spacial score (nSPS) is 17.9. The van der Waals surface area contributed by atoms with E-state index in [1.807, 2.05) is 18.2 Å². The maximum absolute atomic E-state index is 12.4. The Morgan fingerprint density at radius 2 is 2.00 bits per heavy atom. The number of benzene rings is 2. The van der Waals surface area contributed by atoms with E-state index in [0.717, 1.165) is 31.5 Å². The molecule has 0 spiro atoms. The van der Waals surface area contributed by atoms with E-state index in [-0.39, 0.29) is 24.2 Å². The quantitative estimate of drug-likeness (QED) is 0.886. The lowest BCUT2D eigenvalue weighted by Crippen LogP contribution is -2.30. The van der Waals surface area contributed by atoms with Crippen molar-refractivity contribution in [3.8, 4) is 0 Å². The maximum atomic E-state index is 12.4. The SMILES string of the molecule is Cl.O=C(Nc1ccc2c(c1)CCCN2)C1Cc2ccccc21. The minimum absolute atomic E-state index is 0. The summed E-state index contributed by atoms with van der Waals surface area (Å²) in [6.45, 7) is 1.04. The highest BCUT2D eigenvalue weighted by atomic mass is 35.5. The van der Waals surface area contributed by atoms with Crippen molar-refractivity contribution < 1.29 is 4.79 Å². The van der Waals surface area contributed by atoms with E-state index in [1.165, 1.54) is 22.4 Å². The van der Waals surface area contributed by atoms with Gasteiger partial charge in [-0.05, 0) is 54.2 Å². The van der Waals surface area contributed by atoms with Crippen molar-refractivity contribution in [2.45, 2.75) is 25.2 Å². The number of carbonyl (C=O) groups is 1. The number of halogens is 1. The molecule has 0 radical (unpaired) electrons. The molecule has 1 amide bonds. The fourth-order valence-electron chi connectivity index (χ4n) is 3.27. The Morgan fingerprint density at radius 3 is 2.86 bits per heavy atom. The molecule has 1 aliphatic carbocycles. The van der Waals surface area contributed by atoms with E-state index in [0.29, 0.717) is 0 Å². The standard InChI is InChI=1S/C18H18N2O.ClH/c21-18(16-11-12-4-1-2-6-15(12)16)20-14-7-8-17-13(10-14)5-3-9-19-17;/h1-2,4,6-8,10,16,19H,3,5,9,11H2,(H,20,21);1H. The van der Waals surface area contributed by atoms with E-state index in [4.69, 9.17) is 0 Å². The highest BCUT2D eigenvalue weighted by Gasteiger charge is 2.31. The van der Waals surface area contributed by atoms with Crippen LogP contribution in [0.5, 0.6) is 0 Å².